The van der Waals surface area contributed by atoms with Gasteiger partial charge in [-0.15, -0.1) is 0 Å². The number of carboxylic acid groups (broad SMARTS) is 2. The Morgan fingerprint density at radius 3 is 2.32 bits per heavy atom. The average Bonchev–Trinajstić information content (AvgIpc) is 2.76. The summed E-state index contributed by atoms with van der Waals surface area (Å²) in [4.78, 5) is 23.9. The molecule has 0 aliphatic heterocycles. The maximum absolute atomic E-state index is 10.5. The second kappa shape index (κ2) is 10.4. The highest BCUT2D eigenvalue weighted by Gasteiger charge is 2.24. The summed E-state index contributed by atoms with van der Waals surface area (Å²) in [5.74, 6) is -2.51. The molecule has 1 aliphatic rings. The van der Waals surface area contributed by atoms with Gasteiger partial charge in [0.05, 0.1) is 17.3 Å². The van der Waals surface area contributed by atoms with Gasteiger partial charge in [0.1, 0.15) is 0 Å². The van der Waals surface area contributed by atoms with E-state index < -0.39 is 18.0 Å². The number of nitrogens with zero attached hydrogens (tertiary/aromatic N) is 1. The Morgan fingerprint density at radius 2 is 1.65 bits per heavy atom. The van der Waals surface area contributed by atoms with Gasteiger partial charge in [-0.2, -0.15) is 0 Å². The van der Waals surface area contributed by atoms with Crippen molar-refractivity contribution in [2.45, 2.75) is 31.9 Å². The number of aromatic nitrogens is 1. The van der Waals surface area contributed by atoms with Crippen LogP contribution >= 0.6 is 0 Å². The predicted molar refractivity (Wildman–Crippen MR) is 118 cm³/mol. The summed E-state index contributed by atoms with van der Waals surface area (Å²) in [6.07, 6.45) is 3.45. The second-order valence-electron chi connectivity index (χ2n) is 7.12. The topological polar surface area (TPSA) is 120 Å². The highest BCUT2D eigenvalue weighted by molar-refractivity contribution is 5.93. The second-order valence-corrected chi connectivity index (χ2v) is 7.12. The van der Waals surface area contributed by atoms with Crippen molar-refractivity contribution in [3.63, 3.8) is 0 Å². The number of aliphatic carboxylic acids is 2. The number of benzene rings is 2. The van der Waals surface area contributed by atoms with Gasteiger partial charge in [-0.05, 0) is 30.9 Å². The number of aliphatic hydroxyl groups excluding tert-OH is 1. The Hall–Kier alpha value is -3.71. The number of para-hydroxylation sites is 1. The summed E-state index contributed by atoms with van der Waals surface area (Å²) < 4.78 is 0. The Labute approximate surface area is 179 Å². The lowest BCUT2D eigenvalue weighted by Crippen LogP contribution is -2.15. The molecule has 1 aromatic heterocycles. The normalized spacial score (nSPS) is 15.1. The molecule has 7 nitrogen and oxygen atoms in total. The molecule has 0 radical (unpaired) electrons. The van der Waals surface area contributed by atoms with Crippen molar-refractivity contribution in [1.82, 2.24) is 4.98 Å². The van der Waals surface area contributed by atoms with E-state index in [1.54, 1.807) is 0 Å². The first-order valence-corrected chi connectivity index (χ1v) is 9.97. The number of carbonyl (C=O) groups is 2. The number of hydrogen-bond donors (Lipinski definition) is 4. The lowest BCUT2D eigenvalue weighted by Gasteiger charge is -2.25. The van der Waals surface area contributed by atoms with Crippen LogP contribution in [0.1, 0.15) is 35.8 Å². The van der Waals surface area contributed by atoms with Gasteiger partial charge in [-0.3, -0.25) is 4.98 Å². The molecule has 0 fully saturated rings. The highest BCUT2D eigenvalue weighted by Crippen LogP contribution is 2.38. The molecule has 1 heterocycles. The minimum absolute atomic E-state index is 0.422. The van der Waals surface area contributed by atoms with Crippen LogP contribution in [0.4, 0.5) is 5.69 Å². The fraction of sp³-hybridized carbons (Fsp3) is 0.208. The maximum Gasteiger partial charge on any atom is 0.328 e. The average molecular weight is 420 g/mol. The van der Waals surface area contributed by atoms with Crippen molar-refractivity contribution >= 4 is 28.5 Å². The van der Waals surface area contributed by atoms with E-state index in [4.69, 9.17) is 15.2 Å². The number of aryl methyl sites for hydroxylation is 1. The van der Waals surface area contributed by atoms with E-state index in [2.05, 4.69) is 23.5 Å². The molecule has 4 N–H and O–H groups in total. The van der Waals surface area contributed by atoms with Crippen LogP contribution in [0.3, 0.4) is 0 Å². The van der Waals surface area contributed by atoms with Gasteiger partial charge < -0.3 is 20.6 Å². The molecular formula is C24H24N2O5. The predicted octanol–water partition coefficient (Wildman–Crippen LogP) is 3.93. The molecule has 4 rings (SSSR count). The number of rotatable bonds is 5. The zero-order valence-corrected chi connectivity index (χ0v) is 16.9. The zero-order chi connectivity index (χ0) is 22.2. The quantitative estimate of drug-likeness (QED) is 0.462. The maximum atomic E-state index is 10.5. The van der Waals surface area contributed by atoms with E-state index >= 15 is 0 Å². The van der Waals surface area contributed by atoms with Crippen LogP contribution in [-0.4, -0.2) is 32.2 Å². The smallest absolute Gasteiger partial charge is 0.328 e. The minimum atomic E-state index is -1.26. The number of pyridine rings is 1. The lowest BCUT2D eigenvalue weighted by molar-refractivity contribution is -0.134. The summed E-state index contributed by atoms with van der Waals surface area (Å²) in [6, 6.07) is 18.5. The summed E-state index contributed by atoms with van der Waals surface area (Å²) in [5.41, 5.74) is 5.30. The molecule has 2 aromatic carbocycles. The standard InChI is InChI=1S/C20H20N2O.C4H4O4/c23-18-12-6-11-17-19(18)20(15-9-4-5-10-16(15)22-17)21-13-14-7-2-1-3-8-14;5-3(6)1-2-4(7)8/h1-5,7-10,18,23H,6,11-13H2,(H,21,22);1-2H,(H,5,6)(H,7,8)/b;2-1+. The number of hydrogen-bond acceptors (Lipinski definition) is 5. The van der Waals surface area contributed by atoms with Crippen LogP contribution in [-0.2, 0) is 22.6 Å². The van der Waals surface area contributed by atoms with Crippen molar-refractivity contribution < 1.29 is 24.9 Å². The van der Waals surface area contributed by atoms with E-state index in [9.17, 15) is 14.7 Å². The lowest BCUT2D eigenvalue weighted by atomic mass is 9.90. The van der Waals surface area contributed by atoms with Crippen molar-refractivity contribution in [3.05, 3.63) is 83.6 Å². The van der Waals surface area contributed by atoms with E-state index in [-0.39, 0.29) is 0 Å². The summed E-state index contributed by atoms with van der Waals surface area (Å²) >= 11 is 0. The number of fused-ring (bicyclic) bond motifs is 2. The third-order valence-corrected chi connectivity index (χ3v) is 4.91. The molecule has 0 saturated heterocycles. The van der Waals surface area contributed by atoms with Crippen molar-refractivity contribution in [1.29, 1.82) is 0 Å². The zero-order valence-electron chi connectivity index (χ0n) is 16.9. The molecule has 3 aromatic rings. The van der Waals surface area contributed by atoms with Gasteiger partial charge in [-0.25, -0.2) is 9.59 Å². The van der Waals surface area contributed by atoms with Crippen LogP contribution in [0.15, 0.2) is 66.7 Å². The van der Waals surface area contributed by atoms with Crippen LogP contribution in [0.2, 0.25) is 0 Å². The van der Waals surface area contributed by atoms with Crippen LogP contribution in [0, 0.1) is 0 Å². The Kier molecular flexibility index (Phi) is 7.35. The van der Waals surface area contributed by atoms with E-state index in [0.717, 1.165) is 53.7 Å². The first kappa shape index (κ1) is 22.0. The molecule has 0 amide bonds. The fourth-order valence-corrected chi connectivity index (χ4v) is 3.55. The Bertz CT molecular complexity index is 1080. The third-order valence-electron chi connectivity index (χ3n) is 4.91. The van der Waals surface area contributed by atoms with Gasteiger partial charge in [-0.1, -0.05) is 48.5 Å². The molecule has 1 unspecified atom stereocenters. The summed E-state index contributed by atoms with van der Waals surface area (Å²) in [5, 5.41) is 30.8. The van der Waals surface area contributed by atoms with Crippen LogP contribution in [0.25, 0.3) is 10.9 Å². The van der Waals surface area contributed by atoms with E-state index in [0.29, 0.717) is 12.2 Å². The molecule has 31 heavy (non-hydrogen) atoms. The first-order chi connectivity index (χ1) is 15.0. The third kappa shape index (κ3) is 5.90. The molecule has 7 heteroatoms. The SMILES string of the molecule is O=C(O)/C=C/C(=O)O.OC1CCCc2nc3ccccc3c(NCc3ccccc3)c21. The Balaban J connectivity index is 0.000000293. The van der Waals surface area contributed by atoms with Crippen molar-refractivity contribution in [3.8, 4) is 0 Å². The van der Waals surface area contributed by atoms with Gasteiger partial charge in [0.2, 0.25) is 0 Å². The number of nitrogens with one attached hydrogen (secondary N) is 1. The van der Waals surface area contributed by atoms with Crippen LogP contribution in [0.5, 0.6) is 0 Å². The van der Waals surface area contributed by atoms with Gasteiger partial charge >= 0.3 is 11.9 Å². The summed E-state index contributed by atoms with van der Waals surface area (Å²) in [6.45, 7) is 0.744. The molecule has 1 aliphatic carbocycles. The number of carboxylic acids is 2. The molecule has 0 bridgehead atoms. The first-order valence-electron chi connectivity index (χ1n) is 9.97. The minimum Gasteiger partial charge on any atom is -0.478 e. The fourth-order valence-electron chi connectivity index (χ4n) is 3.55. The van der Waals surface area contributed by atoms with E-state index in [1.165, 1.54) is 5.56 Å². The highest BCUT2D eigenvalue weighted by atomic mass is 16.4. The van der Waals surface area contributed by atoms with E-state index in [1.807, 2.05) is 36.4 Å². The Morgan fingerprint density at radius 1 is 1.00 bits per heavy atom. The molecule has 1 atom stereocenters. The summed E-state index contributed by atoms with van der Waals surface area (Å²) in [7, 11) is 0. The molecular weight excluding hydrogens is 396 g/mol. The monoisotopic (exact) mass is 420 g/mol. The van der Waals surface area contributed by atoms with Crippen LogP contribution < -0.4 is 5.32 Å². The van der Waals surface area contributed by atoms with Crippen molar-refractivity contribution in [2.75, 3.05) is 5.32 Å². The largest absolute Gasteiger partial charge is 0.478 e. The van der Waals surface area contributed by atoms with Crippen molar-refractivity contribution in [2.24, 2.45) is 0 Å². The van der Waals surface area contributed by atoms with Gasteiger partial charge in [0.25, 0.3) is 0 Å². The number of aliphatic hydroxyl groups is 1. The molecule has 0 saturated carbocycles. The molecule has 0 spiro atoms. The van der Waals surface area contributed by atoms with Gasteiger partial charge in [0, 0.05) is 35.3 Å². The molecule has 160 valence electrons. The van der Waals surface area contributed by atoms with Gasteiger partial charge in [0.15, 0.2) is 0 Å². The number of anilines is 1.